The summed E-state index contributed by atoms with van der Waals surface area (Å²) in [7, 11) is 1.70. The van der Waals surface area contributed by atoms with Crippen LogP contribution in [0, 0.1) is 17.2 Å². The van der Waals surface area contributed by atoms with Crippen LogP contribution in [-0.4, -0.2) is 15.7 Å². The number of carbonyl (C=O) groups excluding carboxylic acids is 1. The molecule has 1 N–H and O–H groups in total. The van der Waals surface area contributed by atoms with Gasteiger partial charge in [-0.15, -0.1) is 0 Å². The number of carbonyl (C=O) groups is 1. The maximum Gasteiger partial charge on any atom is 0.228 e. The number of rotatable bonds is 5. The van der Waals surface area contributed by atoms with Gasteiger partial charge in [-0.3, -0.25) is 9.48 Å². The molecule has 0 radical (unpaired) electrons. The first-order chi connectivity index (χ1) is 8.10. The highest BCUT2D eigenvalue weighted by Gasteiger charge is 2.16. The van der Waals surface area contributed by atoms with Gasteiger partial charge in [-0.2, -0.15) is 10.4 Å². The van der Waals surface area contributed by atoms with Crippen molar-refractivity contribution in [2.75, 3.05) is 5.32 Å². The summed E-state index contributed by atoms with van der Waals surface area (Å²) < 4.78 is 1.50. The number of anilines is 1. The third kappa shape index (κ3) is 3.31. The summed E-state index contributed by atoms with van der Waals surface area (Å²) in [6, 6.07) is 2.01. The molecule has 5 nitrogen and oxygen atoms in total. The van der Waals surface area contributed by atoms with Crippen LogP contribution in [0.15, 0.2) is 6.20 Å². The molecule has 0 saturated carbocycles. The Hall–Kier alpha value is -1.83. The fraction of sp³-hybridized carbons (Fsp3) is 0.583. The van der Waals surface area contributed by atoms with Crippen molar-refractivity contribution in [3.05, 3.63) is 11.8 Å². The lowest BCUT2D eigenvalue weighted by Gasteiger charge is -2.11. The topological polar surface area (TPSA) is 70.7 Å². The molecule has 5 heteroatoms. The van der Waals surface area contributed by atoms with Crippen molar-refractivity contribution in [3.8, 4) is 6.07 Å². The number of nitriles is 1. The Morgan fingerprint density at radius 3 is 3.00 bits per heavy atom. The van der Waals surface area contributed by atoms with E-state index in [0.717, 1.165) is 19.3 Å². The van der Waals surface area contributed by atoms with Crippen LogP contribution in [0.1, 0.15) is 38.7 Å². The summed E-state index contributed by atoms with van der Waals surface area (Å²) in [5.74, 6) is 0.371. The standard InChI is InChI=1S/C12H18N4O/c1-4-5-6-9(2)12(17)15-11-10(7-13)8-14-16(11)3/h8-9H,4-6H2,1-3H3,(H,15,17). The number of aryl methyl sites for hydroxylation is 1. The van der Waals surface area contributed by atoms with Gasteiger partial charge in [0.1, 0.15) is 17.5 Å². The van der Waals surface area contributed by atoms with Gasteiger partial charge in [0.2, 0.25) is 5.91 Å². The van der Waals surface area contributed by atoms with E-state index in [-0.39, 0.29) is 11.8 Å². The molecule has 0 saturated heterocycles. The van der Waals surface area contributed by atoms with Crippen molar-refractivity contribution in [2.24, 2.45) is 13.0 Å². The molecular weight excluding hydrogens is 216 g/mol. The Balaban J connectivity index is 2.68. The molecule has 0 aliphatic carbocycles. The molecule has 1 aromatic rings. The molecule has 1 unspecified atom stereocenters. The number of hydrogen-bond acceptors (Lipinski definition) is 3. The molecule has 1 rings (SSSR count). The van der Waals surface area contributed by atoms with Crippen molar-refractivity contribution in [3.63, 3.8) is 0 Å². The van der Waals surface area contributed by atoms with Crippen molar-refractivity contribution in [1.29, 1.82) is 5.26 Å². The van der Waals surface area contributed by atoms with Crippen LogP contribution in [0.5, 0.6) is 0 Å². The molecule has 1 heterocycles. The zero-order chi connectivity index (χ0) is 12.8. The Kier molecular flexibility index (Phi) is 4.70. The Morgan fingerprint density at radius 1 is 1.71 bits per heavy atom. The van der Waals surface area contributed by atoms with E-state index in [1.54, 1.807) is 7.05 Å². The SMILES string of the molecule is CCCCC(C)C(=O)Nc1c(C#N)cnn1C. The molecule has 1 aromatic heterocycles. The van der Waals surface area contributed by atoms with Gasteiger partial charge in [-0.1, -0.05) is 26.7 Å². The number of aromatic nitrogens is 2. The molecule has 92 valence electrons. The lowest BCUT2D eigenvalue weighted by atomic mass is 10.0. The first-order valence-electron chi connectivity index (χ1n) is 5.83. The van der Waals surface area contributed by atoms with Crippen molar-refractivity contribution in [2.45, 2.75) is 33.1 Å². The number of nitrogens with zero attached hydrogens (tertiary/aromatic N) is 3. The number of amides is 1. The lowest BCUT2D eigenvalue weighted by molar-refractivity contribution is -0.119. The Morgan fingerprint density at radius 2 is 2.41 bits per heavy atom. The van der Waals surface area contributed by atoms with Gasteiger partial charge < -0.3 is 5.32 Å². The molecular formula is C12H18N4O. The average molecular weight is 234 g/mol. The molecule has 0 fully saturated rings. The van der Waals surface area contributed by atoms with Gasteiger partial charge in [0, 0.05) is 13.0 Å². The van der Waals surface area contributed by atoms with Gasteiger partial charge in [0.15, 0.2) is 0 Å². The second-order valence-corrected chi connectivity index (χ2v) is 4.17. The Labute approximate surface area is 101 Å². The van der Waals surface area contributed by atoms with Crippen LogP contribution in [0.2, 0.25) is 0 Å². The minimum atomic E-state index is -0.0569. The quantitative estimate of drug-likeness (QED) is 0.847. The van der Waals surface area contributed by atoms with E-state index < -0.39 is 0 Å². The predicted octanol–water partition coefficient (Wildman–Crippen LogP) is 2.06. The summed E-state index contributed by atoms with van der Waals surface area (Å²) in [5.41, 5.74) is 0.392. The molecule has 0 bridgehead atoms. The van der Waals surface area contributed by atoms with E-state index in [9.17, 15) is 4.79 Å². The molecule has 1 amide bonds. The van der Waals surface area contributed by atoms with Gasteiger partial charge >= 0.3 is 0 Å². The van der Waals surface area contributed by atoms with Crippen molar-refractivity contribution in [1.82, 2.24) is 9.78 Å². The minimum absolute atomic E-state index is 0.0450. The molecule has 17 heavy (non-hydrogen) atoms. The van der Waals surface area contributed by atoms with Gasteiger partial charge in [-0.05, 0) is 6.42 Å². The third-order valence-corrected chi connectivity index (χ3v) is 2.74. The summed E-state index contributed by atoms with van der Waals surface area (Å²) in [6.07, 6.45) is 4.42. The molecule has 0 aliphatic rings. The summed E-state index contributed by atoms with van der Waals surface area (Å²) in [5, 5.41) is 15.6. The van der Waals surface area contributed by atoms with Gasteiger partial charge in [0.05, 0.1) is 6.20 Å². The average Bonchev–Trinajstić information content (AvgIpc) is 2.67. The molecule has 0 aliphatic heterocycles. The first-order valence-corrected chi connectivity index (χ1v) is 5.83. The van der Waals surface area contributed by atoms with Crippen LogP contribution < -0.4 is 5.32 Å². The zero-order valence-electron chi connectivity index (χ0n) is 10.5. The van der Waals surface area contributed by atoms with E-state index >= 15 is 0 Å². The van der Waals surface area contributed by atoms with E-state index in [2.05, 4.69) is 17.3 Å². The summed E-state index contributed by atoms with van der Waals surface area (Å²) in [6.45, 7) is 3.99. The highest BCUT2D eigenvalue weighted by Crippen LogP contribution is 2.15. The lowest BCUT2D eigenvalue weighted by Crippen LogP contribution is -2.22. The summed E-state index contributed by atoms with van der Waals surface area (Å²) in [4.78, 5) is 11.9. The second-order valence-electron chi connectivity index (χ2n) is 4.17. The van der Waals surface area contributed by atoms with Gasteiger partial charge in [-0.25, -0.2) is 0 Å². The van der Waals surface area contributed by atoms with Crippen molar-refractivity contribution >= 4 is 11.7 Å². The fourth-order valence-electron chi connectivity index (χ4n) is 1.55. The van der Waals surface area contributed by atoms with Crippen LogP contribution in [0.25, 0.3) is 0 Å². The van der Waals surface area contributed by atoms with Crippen LogP contribution >= 0.6 is 0 Å². The Bertz CT molecular complexity index is 430. The molecule has 0 aromatic carbocycles. The monoisotopic (exact) mass is 234 g/mol. The molecule has 1 atom stereocenters. The smallest absolute Gasteiger partial charge is 0.228 e. The fourth-order valence-corrected chi connectivity index (χ4v) is 1.55. The highest BCUT2D eigenvalue weighted by atomic mass is 16.1. The maximum atomic E-state index is 11.9. The minimum Gasteiger partial charge on any atom is -0.310 e. The van der Waals surface area contributed by atoms with Crippen LogP contribution in [-0.2, 0) is 11.8 Å². The number of nitrogens with one attached hydrogen (secondary N) is 1. The third-order valence-electron chi connectivity index (χ3n) is 2.74. The largest absolute Gasteiger partial charge is 0.310 e. The first kappa shape index (κ1) is 13.2. The normalized spacial score (nSPS) is 11.9. The maximum absolute atomic E-state index is 11.9. The number of unbranched alkanes of at least 4 members (excludes halogenated alkanes) is 1. The highest BCUT2D eigenvalue weighted by molar-refractivity contribution is 5.92. The van der Waals surface area contributed by atoms with E-state index in [0.29, 0.717) is 11.4 Å². The van der Waals surface area contributed by atoms with Crippen LogP contribution in [0.3, 0.4) is 0 Å². The van der Waals surface area contributed by atoms with E-state index in [1.807, 2.05) is 13.0 Å². The molecule has 0 spiro atoms. The second kappa shape index (κ2) is 6.04. The predicted molar refractivity (Wildman–Crippen MR) is 65.2 cm³/mol. The zero-order valence-corrected chi connectivity index (χ0v) is 10.5. The van der Waals surface area contributed by atoms with Crippen LogP contribution in [0.4, 0.5) is 5.82 Å². The van der Waals surface area contributed by atoms with E-state index in [4.69, 9.17) is 5.26 Å². The number of hydrogen-bond donors (Lipinski definition) is 1. The van der Waals surface area contributed by atoms with E-state index in [1.165, 1.54) is 10.9 Å². The van der Waals surface area contributed by atoms with Gasteiger partial charge in [0.25, 0.3) is 0 Å². The van der Waals surface area contributed by atoms with Crippen molar-refractivity contribution < 1.29 is 4.79 Å². The summed E-state index contributed by atoms with van der Waals surface area (Å²) >= 11 is 0.